The highest BCUT2D eigenvalue weighted by Gasteiger charge is 2.03. The summed E-state index contributed by atoms with van der Waals surface area (Å²) in [5.74, 6) is 0.887. The Kier molecular flexibility index (Phi) is 6.63. The maximum atomic E-state index is 11.9. The third-order valence-electron chi connectivity index (χ3n) is 3.74. The Bertz CT molecular complexity index is 606. The summed E-state index contributed by atoms with van der Waals surface area (Å²) in [6.07, 6.45) is 2.00. The number of amides is 1. The topological polar surface area (TPSA) is 58.6 Å². The summed E-state index contributed by atoms with van der Waals surface area (Å²) in [4.78, 5) is 11.9. The van der Waals surface area contributed by atoms with Gasteiger partial charge >= 0.3 is 0 Å². The van der Waals surface area contributed by atoms with Gasteiger partial charge in [0.2, 0.25) is 5.91 Å². The van der Waals surface area contributed by atoms with Gasteiger partial charge in [-0.1, -0.05) is 36.4 Å². The van der Waals surface area contributed by atoms with E-state index in [0.717, 1.165) is 35.3 Å². The van der Waals surface area contributed by atoms with Crippen molar-refractivity contribution in [2.24, 2.45) is 0 Å². The molecule has 0 aliphatic heterocycles. The molecule has 122 valence electrons. The first kappa shape index (κ1) is 17.0. The van der Waals surface area contributed by atoms with Gasteiger partial charge in [0, 0.05) is 13.0 Å². The smallest absolute Gasteiger partial charge is 0.220 e. The number of carbonyl (C=O) groups excluding carboxylic acids is 1. The van der Waals surface area contributed by atoms with Crippen LogP contribution in [0.4, 0.5) is 0 Å². The van der Waals surface area contributed by atoms with Crippen molar-refractivity contribution in [2.45, 2.75) is 25.9 Å². The van der Waals surface area contributed by atoms with Gasteiger partial charge in [-0.2, -0.15) is 0 Å². The van der Waals surface area contributed by atoms with Crippen LogP contribution >= 0.6 is 0 Å². The number of benzene rings is 2. The SMILES string of the molecule is COc1ccc(CCC(=O)NCCc2ccc(CO)cc2)cc1. The van der Waals surface area contributed by atoms with E-state index in [1.807, 2.05) is 48.5 Å². The average molecular weight is 313 g/mol. The van der Waals surface area contributed by atoms with Gasteiger partial charge in [-0.15, -0.1) is 0 Å². The molecule has 0 unspecified atom stereocenters. The Balaban J connectivity index is 1.67. The van der Waals surface area contributed by atoms with Crippen LogP contribution in [0.3, 0.4) is 0 Å². The molecule has 0 atom stereocenters. The van der Waals surface area contributed by atoms with Crippen molar-refractivity contribution in [1.82, 2.24) is 5.32 Å². The van der Waals surface area contributed by atoms with E-state index in [0.29, 0.717) is 13.0 Å². The predicted molar refractivity (Wildman–Crippen MR) is 90.4 cm³/mol. The zero-order valence-corrected chi connectivity index (χ0v) is 13.4. The van der Waals surface area contributed by atoms with Crippen molar-refractivity contribution in [3.05, 3.63) is 65.2 Å². The molecule has 0 aliphatic rings. The summed E-state index contributed by atoms with van der Waals surface area (Å²) in [6.45, 7) is 0.683. The van der Waals surface area contributed by atoms with Crippen molar-refractivity contribution in [3.8, 4) is 5.75 Å². The van der Waals surface area contributed by atoms with Gasteiger partial charge in [-0.3, -0.25) is 4.79 Å². The fraction of sp³-hybridized carbons (Fsp3) is 0.316. The highest BCUT2D eigenvalue weighted by molar-refractivity contribution is 5.76. The molecule has 0 aromatic heterocycles. The van der Waals surface area contributed by atoms with Gasteiger partial charge in [0.1, 0.15) is 5.75 Å². The maximum Gasteiger partial charge on any atom is 0.220 e. The number of carbonyl (C=O) groups is 1. The van der Waals surface area contributed by atoms with E-state index in [1.165, 1.54) is 0 Å². The zero-order chi connectivity index (χ0) is 16.5. The van der Waals surface area contributed by atoms with Crippen LogP contribution in [-0.2, 0) is 24.2 Å². The summed E-state index contributed by atoms with van der Waals surface area (Å²) in [5, 5.41) is 11.9. The Labute approximate surface area is 137 Å². The van der Waals surface area contributed by atoms with Crippen molar-refractivity contribution in [2.75, 3.05) is 13.7 Å². The third kappa shape index (κ3) is 5.75. The van der Waals surface area contributed by atoms with Gasteiger partial charge in [0.25, 0.3) is 0 Å². The van der Waals surface area contributed by atoms with Crippen molar-refractivity contribution in [3.63, 3.8) is 0 Å². The molecule has 4 nitrogen and oxygen atoms in total. The van der Waals surface area contributed by atoms with Crippen LogP contribution in [0.25, 0.3) is 0 Å². The summed E-state index contributed by atoms with van der Waals surface area (Å²) >= 11 is 0. The van der Waals surface area contributed by atoms with E-state index in [4.69, 9.17) is 9.84 Å². The number of hydrogen-bond acceptors (Lipinski definition) is 3. The summed E-state index contributed by atoms with van der Waals surface area (Å²) < 4.78 is 5.11. The molecule has 0 bridgehead atoms. The first-order valence-electron chi connectivity index (χ1n) is 7.79. The van der Waals surface area contributed by atoms with Gasteiger partial charge < -0.3 is 15.2 Å². The van der Waals surface area contributed by atoms with Crippen molar-refractivity contribution < 1.29 is 14.6 Å². The first-order valence-corrected chi connectivity index (χ1v) is 7.79. The van der Waals surface area contributed by atoms with E-state index in [-0.39, 0.29) is 12.5 Å². The molecule has 2 aromatic rings. The second-order valence-corrected chi connectivity index (χ2v) is 5.42. The summed E-state index contributed by atoms with van der Waals surface area (Å²) in [6, 6.07) is 15.5. The summed E-state index contributed by atoms with van der Waals surface area (Å²) in [7, 11) is 1.64. The molecule has 0 heterocycles. The Morgan fingerprint density at radius 3 is 2.13 bits per heavy atom. The zero-order valence-electron chi connectivity index (χ0n) is 13.4. The lowest BCUT2D eigenvalue weighted by molar-refractivity contribution is -0.121. The number of nitrogens with one attached hydrogen (secondary N) is 1. The van der Waals surface area contributed by atoms with E-state index < -0.39 is 0 Å². The number of ether oxygens (including phenoxy) is 1. The fourth-order valence-electron chi connectivity index (χ4n) is 2.30. The van der Waals surface area contributed by atoms with Crippen LogP contribution in [0.15, 0.2) is 48.5 Å². The van der Waals surface area contributed by atoms with Crippen molar-refractivity contribution >= 4 is 5.91 Å². The Morgan fingerprint density at radius 1 is 0.957 bits per heavy atom. The molecule has 0 aliphatic carbocycles. The predicted octanol–water partition coefficient (Wildman–Crippen LogP) is 2.48. The van der Waals surface area contributed by atoms with E-state index in [2.05, 4.69) is 5.32 Å². The third-order valence-corrected chi connectivity index (χ3v) is 3.74. The standard InChI is InChI=1S/C19H23NO3/c1-23-18-9-6-15(7-10-18)8-11-19(22)20-13-12-16-2-4-17(14-21)5-3-16/h2-7,9-10,21H,8,11-14H2,1H3,(H,20,22). The van der Waals surface area contributed by atoms with Gasteiger partial charge in [-0.25, -0.2) is 0 Å². The van der Waals surface area contributed by atoms with Crippen LogP contribution in [0, 0.1) is 0 Å². The second kappa shape index (κ2) is 8.96. The number of hydrogen-bond donors (Lipinski definition) is 2. The monoisotopic (exact) mass is 313 g/mol. The molecular formula is C19H23NO3. The molecule has 0 saturated carbocycles. The van der Waals surface area contributed by atoms with Crippen LogP contribution in [-0.4, -0.2) is 24.7 Å². The molecular weight excluding hydrogens is 290 g/mol. The lowest BCUT2D eigenvalue weighted by atomic mass is 10.1. The minimum Gasteiger partial charge on any atom is -0.497 e. The largest absolute Gasteiger partial charge is 0.497 e. The lowest BCUT2D eigenvalue weighted by Gasteiger charge is -2.07. The number of aliphatic hydroxyl groups excluding tert-OH is 1. The van der Waals surface area contributed by atoms with Gasteiger partial charge in [0.05, 0.1) is 13.7 Å². The van der Waals surface area contributed by atoms with E-state index >= 15 is 0 Å². The first-order chi connectivity index (χ1) is 11.2. The molecule has 0 spiro atoms. The Hall–Kier alpha value is -2.33. The minimum absolute atomic E-state index is 0.0579. The molecule has 4 heteroatoms. The van der Waals surface area contributed by atoms with Gasteiger partial charge in [0.15, 0.2) is 0 Å². The number of aryl methyl sites for hydroxylation is 1. The summed E-state index contributed by atoms with van der Waals surface area (Å²) in [5.41, 5.74) is 3.18. The molecule has 2 rings (SSSR count). The molecule has 23 heavy (non-hydrogen) atoms. The molecule has 2 aromatic carbocycles. The quantitative estimate of drug-likeness (QED) is 0.787. The molecule has 2 N–H and O–H groups in total. The van der Waals surface area contributed by atoms with Gasteiger partial charge in [-0.05, 0) is 41.7 Å². The second-order valence-electron chi connectivity index (χ2n) is 5.42. The van der Waals surface area contributed by atoms with Crippen LogP contribution < -0.4 is 10.1 Å². The highest BCUT2D eigenvalue weighted by Crippen LogP contribution is 2.12. The van der Waals surface area contributed by atoms with Crippen LogP contribution in [0.2, 0.25) is 0 Å². The van der Waals surface area contributed by atoms with Crippen molar-refractivity contribution in [1.29, 1.82) is 0 Å². The highest BCUT2D eigenvalue weighted by atomic mass is 16.5. The van der Waals surface area contributed by atoms with Crippen LogP contribution in [0.1, 0.15) is 23.1 Å². The minimum atomic E-state index is 0.0579. The maximum absolute atomic E-state index is 11.9. The molecule has 0 saturated heterocycles. The molecule has 0 fully saturated rings. The number of methoxy groups -OCH3 is 1. The fourth-order valence-corrected chi connectivity index (χ4v) is 2.30. The van der Waals surface area contributed by atoms with E-state index in [1.54, 1.807) is 7.11 Å². The normalized spacial score (nSPS) is 10.3. The average Bonchev–Trinajstić information content (AvgIpc) is 2.61. The number of rotatable bonds is 8. The molecule has 0 radical (unpaired) electrons. The lowest BCUT2D eigenvalue weighted by Crippen LogP contribution is -2.25. The molecule has 1 amide bonds. The van der Waals surface area contributed by atoms with Crippen LogP contribution in [0.5, 0.6) is 5.75 Å². The van der Waals surface area contributed by atoms with E-state index in [9.17, 15) is 4.79 Å². The Morgan fingerprint density at radius 2 is 1.52 bits per heavy atom. The number of aliphatic hydroxyl groups is 1.